The molecule has 56 valence electrons. The Morgan fingerprint density at radius 1 is 1.40 bits per heavy atom. The maximum absolute atomic E-state index is 10.9. The Labute approximate surface area is 60.6 Å². The Bertz CT molecular complexity index is 149. The van der Waals surface area contributed by atoms with Gasteiger partial charge in [0.25, 0.3) is 0 Å². The van der Waals surface area contributed by atoms with Gasteiger partial charge in [0, 0.05) is 12.8 Å². The monoisotopic (exact) mass is 140 g/mol. The molecule has 2 fully saturated rings. The summed E-state index contributed by atoms with van der Waals surface area (Å²) in [6, 6.07) is 0. The Morgan fingerprint density at radius 3 is 2.80 bits per heavy atom. The van der Waals surface area contributed by atoms with Crippen LogP contribution >= 0.6 is 0 Å². The maximum atomic E-state index is 10.9. The molecule has 0 spiro atoms. The zero-order valence-corrected chi connectivity index (χ0v) is 6.01. The third-order valence-corrected chi connectivity index (χ3v) is 2.29. The van der Waals surface area contributed by atoms with Crippen LogP contribution in [0.25, 0.3) is 0 Å². The summed E-state index contributed by atoms with van der Waals surface area (Å²) >= 11 is 0. The molecular formula is C8H12O2. The smallest absolute Gasteiger partial charge is 0.137 e. The van der Waals surface area contributed by atoms with Crippen LogP contribution in [0.4, 0.5) is 0 Å². The van der Waals surface area contributed by atoms with Crippen LogP contribution in [0.15, 0.2) is 0 Å². The van der Waals surface area contributed by atoms with Crippen LogP contribution in [-0.2, 0) is 9.53 Å². The molecule has 0 amide bonds. The van der Waals surface area contributed by atoms with E-state index in [-0.39, 0.29) is 0 Å². The fourth-order valence-corrected chi connectivity index (χ4v) is 1.48. The van der Waals surface area contributed by atoms with Crippen molar-refractivity contribution < 1.29 is 9.53 Å². The van der Waals surface area contributed by atoms with Crippen molar-refractivity contribution in [3.05, 3.63) is 0 Å². The lowest BCUT2D eigenvalue weighted by molar-refractivity contribution is -0.129. The lowest BCUT2D eigenvalue weighted by atomic mass is 10.0. The van der Waals surface area contributed by atoms with Crippen molar-refractivity contribution in [2.75, 3.05) is 6.61 Å². The first-order valence-corrected chi connectivity index (χ1v) is 3.99. The lowest BCUT2D eigenvalue weighted by Gasteiger charge is -2.20. The highest BCUT2D eigenvalue weighted by molar-refractivity contribution is 5.79. The summed E-state index contributed by atoms with van der Waals surface area (Å²) < 4.78 is 5.45. The summed E-state index contributed by atoms with van der Waals surface area (Å²) in [6.45, 7) is 0.667. The lowest BCUT2D eigenvalue weighted by Crippen LogP contribution is -2.27. The summed E-state index contributed by atoms with van der Waals surface area (Å²) in [5.74, 6) is 1.12. The SMILES string of the molecule is O=C1CCO[C@H](C2CC2)C1. The molecule has 1 heterocycles. The number of hydrogen-bond donors (Lipinski definition) is 0. The Balaban J connectivity index is 1.89. The zero-order valence-electron chi connectivity index (χ0n) is 6.01. The minimum absolute atomic E-state index is 0.293. The van der Waals surface area contributed by atoms with Crippen molar-refractivity contribution >= 4 is 5.78 Å². The largest absolute Gasteiger partial charge is 0.377 e. The molecule has 1 atom stereocenters. The first kappa shape index (κ1) is 6.35. The van der Waals surface area contributed by atoms with Gasteiger partial charge in [-0.3, -0.25) is 4.79 Å². The van der Waals surface area contributed by atoms with E-state index < -0.39 is 0 Å². The second-order valence-corrected chi connectivity index (χ2v) is 3.24. The third-order valence-electron chi connectivity index (χ3n) is 2.29. The van der Waals surface area contributed by atoms with Crippen LogP contribution < -0.4 is 0 Å². The Kier molecular flexibility index (Phi) is 1.49. The van der Waals surface area contributed by atoms with Crippen LogP contribution in [0.2, 0.25) is 0 Å². The molecule has 0 N–H and O–H groups in total. The quantitative estimate of drug-likeness (QED) is 0.546. The summed E-state index contributed by atoms with van der Waals surface area (Å²) in [5, 5.41) is 0. The van der Waals surface area contributed by atoms with Crippen molar-refractivity contribution in [1.82, 2.24) is 0 Å². The van der Waals surface area contributed by atoms with E-state index in [1.807, 2.05) is 0 Å². The number of hydrogen-bond acceptors (Lipinski definition) is 2. The second kappa shape index (κ2) is 2.35. The predicted molar refractivity (Wildman–Crippen MR) is 36.7 cm³/mol. The van der Waals surface area contributed by atoms with E-state index in [4.69, 9.17) is 4.74 Å². The van der Waals surface area contributed by atoms with Crippen LogP contribution in [0, 0.1) is 5.92 Å². The normalized spacial score (nSPS) is 34.4. The standard InChI is InChI=1S/C8H12O2/c9-7-3-4-10-8(5-7)6-1-2-6/h6,8H,1-5H2/t8-/m0/s1. The van der Waals surface area contributed by atoms with Gasteiger partial charge in [0.1, 0.15) is 5.78 Å². The van der Waals surface area contributed by atoms with Gasteiger partial charge in [-0.25, -0.2) is 0 Å². The van der Waals surface area contributed by atoms with E-state index in [1.165, 1.54) is 12.8 Å². The number of rotatable bonds is 1. The fourth-order valence-electron chi connectivity index (χ4n) is 1.48. The minimum atomic E-state index is 0.293. The number of carbonyl (C=O) groups excluding carboxylic acids is 1. The molecule has 0 aromatic rings. The average Bonchev–Trinajstić information content (AvgIpc) is 2.68. The van der Waals surface area contributed by atoms with Crippen molar-refractivity contribution in [3.63, 3.8) is 0 Å². The number of carbonyl (C=O) groups is 1. The molecule has 2 aliphatic rings. The van der Waals surface area contributed by atoms with E-state index in [9.17, 15) is 4.79 Å². The maximum Gasteiger partial charge on any atom is 0.137 e. The van der Waals surface area contributed by atoms with Crippen LogP contribution in [0.3, 0.4) is 0 Å². The van der Waals surface area contributed by atoms with Crippen molar-refractivity contribution in [1.29, 1.82) is 0 Å². The average molecular weight is 140 g/mol. The minimum Gasteiger partial charge on any atom is -0.377 e. The van der Waals surface area contributed by atoms with Crippen LogP contribution in [0.1, 0.15) is 25.7 Å². The molecule has 0 aromatic heterocycles. The molecule has 2 rings (SSSR count). The van der Waals surface area contributed by atoms with Crippen LogP contribution in [0.5, 0.6) is 0 Å². The first-order chi connectivity index (χ1) is 4.86. The zero-order chi connectivity index (χ0) is 6.97. The van der Waals surface area contributed by atoms with E-state index in [0.717, 1.165) is 5.92 Å². The summed E-state index contributed by atoms with van der Waals surface area (Å²) in [5.41, 5.74) is 0. The van der Waals surface area contributed by atoms with Gasteiger partial charge >= 0.3 is 0 Å². The fraction of sp³-hybridized carbons (Fsp3) is 0.875. The Hall–Kier alpha value is -0.370. The molecule has 1 aliphatic heterocycles. The summed E-state index contributed by atoms with van der Waals surface area (Å²) in [6.07, 6.45) is 4.17. The molecule has 1 saturated carbocycles. The molecule has 0 unspecified atom stereocenters. The number of ketones is 1. The van der Waals surface area contributed by atoms with E-state index in [0.29, 0.717) is 31.3 Å². The van der Waals surface area contributed by atoms with E-state index in [1.54, 1.807) is 0 Å². The number of Topliss-reactive ketones (excluding diaryl/α,β-unsaturated/α-hetero) is 1. The van der Waals surface area contributed by atoms with Gasteiger partial charge in [0.15, 0.2) is 0 Å². The molecule has 1 saturated heterocycles. The van der Waals surface area contributed by atoms with E-state index in [2.05, 4.69) is 0 Å². The molecule has 0 aromatic carbocycles. The first-order valence-electron chi connectivity index (χ1n) is 3.99. The number of ether oxygens (including phenoxy) is 1. The molecule has 2 nitrogen and oxygen atoms in total. The molecular weight excluding hydrogens is 128 g/mol. The highest BCUT2D eigenvalue weighted by Gasteiger charge is 2.35. The van der Waals surface area contributed by atoms with Gasteiger partial charge in [-0.1, -0.05) is 0 Å². The van der Waals surface area contributed by atoms with E-state index >= 15 is 0 Å². The van der Waals surface area contributed by atoms with Crippen molar-refractivity contribution in [2.24, 2.45) is 5.92 Å². The summed E-state index contributed by atoms with van der Waals surface area (Å²) in [4.78, 5) is 10.9. The topological polar surface area (TPSA) is 26.3 Å². The third kappa shape index (κ3) is 1.21. The molecule has 2 heteroatoms. The highest BCUT2D eigenvalue weighted by atomic mass is 16.5. The van der Waals surface area contributed by atoms with Gasteiger partial charge in [-0.2, -0.15) is 0 Å². The molecule has 0 radical (unpaired) electrons. The van der Waals surface area contributed by atoms with Gasteiger partial charge in [-0.15, -0.1) is 0 Å². The van der Waals surface area contributed by atoms with Crippen molar-refractivity contribution in [2.45, 2.75) is 31.8 Å². The predicted octanol–water partition coefficient (Wildman–Crippen LogP) is 1.14. The van der Waals surface area contributed by atoms with Gasteiger partial charge in [-0.05, 0) is 18.8 Å². The van der Waals surface area contributed by atoms with Gasteiger partial charge in [0.05, 0.1) is 12.7 Å². The van der Waals surface area contributed by atoms with Gasteiger partial charge in [0.2, 0.25) is 0 Å². The van der Waals surface area contributed by atoms with Gasteiger partial charge < -0.3 is 4.74 Å². The highest BCUT2D eigenvalue weighted by Crippen LogP contribution is 2.37. The van der Waals surface area contributed by atoms with Crippen molar-refractivity contribution in [3.8, 4) is 0 Å². The molecule has 1 aliphatic carbocycles. The van der Waals surface area contributed by atoms with Crippen LogP contribution in [-0.4, -0.2) is 18.5 Å². The molecule has 10 heavy (non-hydrogen) atoms. The summed E-state index contributed by atoms with van der Waals surface area (Å²) in [7, 11) is 0. The molecule has 0 bridgehead atoms. The second-order valence-electron chi connectivity index (χ2n) is 3.24. The Morgan fingerprint density at radius 2 is 2.20 bits per heavy atom.